The minimum absolute atomic E-state index is 0.00744. The number of carbonyl (C=O) groups excluding carboxylic acids is 6. The molecule has 1 heterocycles. The van der Waals surface area contributed by atoms with E-state index in [1.54, 1.807) is 26.0 Å². The van der Waals surface area contributed by atoms with Gasteiger partial charge in [-0.2, -0.15) is 0 Å². The molecule has 1 aliphatic heterocycles. The van der Waals surface area contributed by atoms with E-state index in [1.807, 2.05) is 0 Å². The number of carbonyl (C=O) groups is 6. The Bertz CT molecular complexity index is 1320. The van der Waals surface area contributed by atoms with E-state index in [-0.39, 0.29) is 43.4 Å². The number of guanidine groups is 1. The lowest BCUT2D eigenvalue weighted by Crippen LogP contribution is -2.59. The summed E-state index contributed by atoms with van der Waals surface area (Å²) < 4.78 is 0. The molecular formula is C32H51N9O7. The van der Waals surface area contributed by atoms with Crippen molar-refractivity contribution in [3.05, 3.63) is 29.8 Å². The predicted octanol–water partition coefficient (Wildman–Crippen LogP) is -1.25. The molecular weight excluding hydrogens is 622 g/mol. The molecule has 0 radical (unpaired) electrons. The Kier molecular flexibility index (Phi) is 15.6. The first kappa shape index (κ1) is 39.3. The third-order valence-electron chi connectivity index (χ3n) is 8.05. The van der Waals surface area contributed by atoms with Crippen LogP contribution in [0.5, 0.6) is 5.75 Å². The van der Waals surface area contributed by atoms with Crippen LogP contribution < -0.4 is 38.1 Å². The van der Waals surface area contributed by atoms with Gasteiger partial charge in [0.1, 0.15) is 36.0 Å². The van der Waals surface area contributed by atoms with Crippen LogP contribution in [0.4, 0.5) is 0 Å². The summed E-state index contributed by atoms with van der Waals surface area (Å²) in [5.41, 5.74) is 11.5. The van der Waals surface area contributed by atoms with Crippen LogP contribution >= 0.6 is 0 Å². The molecule has 0 spiro atoms. The van der Waals surface area contributed by atoms with Gasteiger partial charge in [-0.15, -0.1) is 0 Å². The number of unbranched alkanes of at least 4 members (excludes halogenated alkanes) is 1. The number of hydrogen-bond acceptors (Lipinski definition) is 8. The summed E-state index contributed by atoms with van der Waals surface area (Å²) in [7, 11) is 1.44. The number of rotatable bonds is 12. The minimum Gasteiger partial charge on any atom is -0.508 e. The van der Waals surface area contributed by atoms with Crippen LogP contribution in [0.15, 0.2) is 29.3 Å². The van der Waals surface area contributed by atoms with E-state index >= 15 is 0 Å². The molecule has 2 rings (SSSR count). The average Bonchev–Trinajstić information content (AvgIpc) is 3.02. The highest BCUT2D eigenvalue weighted by Gasteiger charge is 2.36. The normalized spacial score (nSPS) is 22.8. The van der Waals surface area contributed by atoms with Crippen molar-refractivity contribution >= 4 is 41.4 Å². The summed E-state index contributed by atoms with van der Waals surface area (Å²) >= 11 is 0. The van der Waals surface area contributed by atoms with Crippen LogP contribution in [0.2, 0.25) is 0 Å². The molecule has 0 aromatic heterocycles. The first-order valence-corrected chi connectivity index (χ1v) is 16.2. The quantitative estimate of drug-likeness (QED) is 0.0749. The van der Waals surface area contributed by atoms with E-state index in [2.05, 4.69) is 31.6 Å². The summed E-state index contributed by atoms with van der Waals surface area (Å²) in [6.45, 7) is 6.93. The van der Waals surface area contributed by atoms with E-state index in [1.165, 1.54) is 37.9 Å². The molecule has 10 N–H and O–H groups in total. The van der Waals surface area contributed by atoms with E-state index in [4.69, 9.17) is 11.5 Å². The molecule has 1 saturated heterocycles. The van der Waals surface area contributed by atoms with Gasteiger partial charge in [-0.25, -0.2) is 0 Å². The second kappa shape index (κ2) is 19.1. The second-order valence-corrected chi connectivity index (χ2v) is 12.3. The molecule has 0 saturated carbocycles. The Morgan fingerprint density at radius 1 is 0.875 bits per heavy atom. The molecule has 1 aromatic rings. The van der Waals surface area contributed by atoms with Crippen molar-refractivity contribution in [1.29, 1.82) is 0 Å². The van der Waals surface area contributed by atoms with Crippen molar-refractivity contribution in [2.24, 2.45) is 22.4 Å². The highest BCUT2D eigenvalue weighted by molar-refractivity contribution is 5.98. The Balaban J connectivity index is 2.53. The largest absolute Gasteiger partial charge is 0.508 e. The Morgan fingerprint density at radius 3 is 2.06 bits per heavy atom. The maximum atomic E-state index is 13.8. The standard InChI is InChI=1S/C32H51N9O7/c1-18(2)26-30(47)39-25(17-21-11-13-22(43)14-12-21)29(46)37-23(10-8-16-36-32(33)34)28(45)38-24(9-6-7-15-35-20(4)42)31(48)41(5)19(3)27(44)40-26/h11-14,18-19,23-26,43H,6-10,15-17H2,1-5H3,(H,35,42)(H,37,46)(H,38,45)(H,39,47)(H,40,44)(H4,33,34,36)/t19-,23-,24-,25-,26-/m0/s1. The van der Waals surface area contributed by atoms with Crippen LogP contribution in [-0.4, -0.2) is 102 Å². The molecule has 16 nitrogen and oxygen atoms in total. The third-order valence-corrected chi connectivity index (χ3v) is 8.05. The van der Waals surface area contributed by atoms with Gasteiger partial charge in [0.25, 0.3) is 0 Å². The number of phenolic OH excluding ortho intramolecular Hbond substituents is 1. The molecule has 16 heteroatoms. The fourth-order valence-corrected chi connectivity index (χ4v) is 5.07. The smallest absolute Gasteiger partial charge is 0.245 e. The van der Waals surface area contributed by atoms with Gasteiger partial charge in [0.05, 0.1) is 0 Å². The minimum atomic E-state index is -1.18. The van der Waals surface area contributed by atoms with Gasteiger partial charge in [-0.3, -0.25) is 33.8 Å². The average molecular weight is 674 g/mol. The Morgan fingerprint density at radius 2 is 1.46 bits per heavy atom. The number of benzene rings is 1. The highest BCUT2D eigenvalue weighted by atomic mass is 16.3. The zero-order valence-corrected chi connectivity index (χ0v) is 28.4. The molecule has 1 aliphatic rings. The van der Waals surface area contributed by atoms with Gasteiger partial charge in [-0.1, -0.05) is 26.0 Å². The fourth-order valence-electron chi connectivity index (χ4n) is 5.07. The van der Waals surface area contributed by atoms with Crippen molar-refractivity contribution in [1.82, 2.24) is 31.5 Å². The number of phenols is 1. The van der Waals surface area contributed by atoms with Gasteiger partial charge in [0.2, 0.25) is 35.4 Å². The van der Waals surface area contributed by atoms with Crippen molar-refractivity contribution in [2.45, 2.75) is 96.4 Å². The molecule has 1 fully saturated rings. The fraction of sp³-hybridized carbons (Fsp3) is 0.594. The van der Waals surface area contributed by atoms with Gasteiger partial charge >= 0.3 is 0 Å². The molecule has 0 aliphatic carbocycles. The predicted molar refractivity (Wildman–Crippen MR) is 179 cm³/mol. The highest BCUT2D eigenvalue weighted by Crippen LogP contribution is 2.14. The van der Waals surface area contributed by atoms with Crippen LogP contribution in [0.1, 0.15) is 65.4 Å². The molecule has 0 bridgehead atoms. The first-order chi connectivity index (χ1) is 22.6. The van der Waals surface area contributed by atoms with E-state index in [9.17, 15) is 33.9 Å². The number of amides is 6. The van der Waals surface area contributed by atoms with Gasteiger partial charge in [0.15, 0.2) is 5.96 Å². The number of hydrogen-bond donors (Lipinski definition) is 8. The van der Waals surface area contributed by atoms with Crippen LogP contribution in [-0.2, 0) is 35.2 Å². The zero-order valence-electron chi connectivity index (χ0n) is 28.4. The van der Waals surface area contributed by atoms with Crippen molar-refractivity contribution in [2.75, 3.05) is 20.1 Å². The maximum Gasteiger partial charge on any atom is 0.245 e. The molecule has 6 amide bonds. The second-order valence-electron chi connectivity index (χ2n) is 12.3. The van der Waals surface area contributed by atoms with Gasteiger partial charge in [-0.05, 0) is 62.6 Å². The number of nitrogens with one attached hydrogen (secondary N) is 5. The SMILES string of the molecule is CC(=O)NCCCC[C@@H]1NC(=O)[C@H](CCCN=C(N)N)NC(=O)[C@H](Cc2ccc(O)cc2)NC(=O)[C@H](C(C)C)NC(=O)[C@H](C)N(C)C1=O. The first-order valence-electron chi connectivity index (χ1n) is 16.2. The lowest BCUT2D eigenvalue weighted by atomic mass is 10.00. The summed E-state index contributed by atoms with van der Waals surface area (Å²) in [5.74, 6) is -3.78. The topological polar surface area (TPSA) is 250 Å². The van der Waals surface area contributed by atoms with Crippen molar-refractivity contribution < 1.29 is 33.9 Å². The molecule has 266 valence electrons. The van der Waals surface area contributed by atoms with E-state index in [0.717, 1.165) is 0 Å². The van der Waals surface area contributed by atoms with Gasteiger partial charge < -0.3 is 48.1 Å². The zero-order chi connectivity index (χ0) is 36.0. The lowest BCUT2D eigenvalue weighted by Gasteiger charge is -2.31. The van der Waals surface area contributed by atoms with Crippen molar-refractivity contribution in [3.8, 4) is 5.75 Å². The number of likely N-dealkylation sites (N-methyl/N-ethyl adjacent to an activating group) is 1. The lowest BCUT2D eigenvalue weighted by molar-refractivity contribution is -0.142. The summed E-state index contributed by atoms with van der Waals surface area (Å²) in [6, 6.07) is 0.649. The van der Waals surface area contributed by atoms with Crippen LogP contribution in [0.3, 0.4) is 0 Å². The maximum absolute atomic E-state index is 13.8. The number of nitrogens with zero attached hydrogens (tertiary/aromatic N) is 2. The van der Waals surface area contributed by atoms with Crippen LogP contribution in [0.25, 0.3) is 0 Å². The van der Waals surface area contributed by atoms with Crippen molar-refractivity contribution in [3.63, 3.8) is 0 Å². The Labute approximate surface area is 281 Å². The molecule has 5 atom stereocenters. The van der Waals surface area contributed by atoms with Gasteiger partial charge in [0, 0.05) is 33.5 Å². The summed E-state index contributed by atoms with van der Waals surface area (Å²) in [5, 5.41) is 23.4. The van der Waals surface area contributed by atoms with E-state index in [0.29, 0.717) is 31.4 Å². The monoisotopic (exact) mass is 673 g/mol. The third kappa shape index (κ3) is 12.7. The van der Waals surface area contributed by atoms with E-state index < -0.39 is 65.7 Å². The molecule has 48 heavy (non-hydrogen) atoms. The molecule has 1 aromatic carbocycles. The molecule has 0 unspecified atom stereocenters. The summed E-state index contributed by atoms with van der Waals surface area (Å²) in [6.07, 6.45) is 1.57. The Hall–Kier alpha value is -4.89. The number of aromatic hydroxyl groups is 1. The number of aliphatic imine (C=N–C) groups is 1. The summed E-state index contributed by atoms with van der Waals surface area (Å²) in [4.78, 5) is 84.8. The number of nitrogens with two attached hydrogens (primary N) is 2. The van der Waals surface area contributed by atoms with Crippen LogP contribution in [0, 0.1) is 5.92 Å².